The van der Waals surface area contributed by atoms with Crippen molar-refractivity contribution < 1.29 is 9.59 Å². The van der Waals surface area contributed by atoms with Crippen LogP contribution in [0.4, 0.5) is 0 Å². The van der Waals surface area contributed by atoms with Crippen LogP contribution in [0.2, 0.25) is 0 Å². The van der Waals surface area contributed by atoms with Gasteiger partial charge >= 0.3 is 0 Å². The Kier molecular flexibility index (Phi) is 4.54. The van der Waals surface area contributed by atoms with Gasteiger partial charge in [-0.3, -0.25) is 14.5 Å². The Labute approximate surface area is 142 Å². The van der Waals surface area contributed by atoms with Gasteiger partial charge in [0.1, 0.15) is 6.04 Å². The molecule has 0 spiro atoms. The molecule has 128 valence electrons. The third kappa shape index (κ3) is 3.00. The van der Waals surface area contributed by atoms with E-state index in [1.807, 2.05) is 4.90 Å². The van der Waals surface area contributed by atoms with Crippen LogP contribution in [0.25, 0.3) is 0 Å². The number of carbonyl (C=O) groups is 2. The van der Waals surface area contributed by atoms with Gasteiger partial charge < -0.3 is 9.80 Å². The van der Waals surface area contributed by atoms with E-state index in [1.54, 1.807) is 11.8 Å². The third-order valence-electron chi connectivity index (χ3n) is 6.02. The summed E-state index contributed by atoms with van der Waals surface area (Å²) < 4.78 is 0. The van der Waals surface area contributed by atoms with E-state index < -0.39 is 0 Å². The van der Waals surface area contributed by atoms with E-state index in [2.05, 4.69) is 9.80 Å². The number of thioether (sulfide) groups is 1. The second kappa shape index (κ2) is 6.63. The average Bonchev–Trinajstić information content (AvgIpc) is 3.10. The first-order chi connectivity index (χ1) is 11.2. The molecule has 0 bridgehead atoms. The highest BCUT2D eigenvalue weighted by atomic mass is 32.2. The molecule has 0 N–H and O–H groups in total. The normalized spacial score (nSPS) is 32.5. The lowest BCUT2D eigenvalue weighted by atomic mass is 9.84. The van der Waals surface area contributed by atoms with Crippen LogP contribution in [0.5, 0.6) is 0 Å². The van der Waals surface area contributed by atoms with Crippen molar-refractivity contribution in [2.75, 3.05) is 37.8 Å². The molecular formula is C17H27N3O2S. The lowest BCUT2D eigenvalue weighted by Gasteiger charge is -2.34. The summed E-state index contributed by atoms with van der Waals surface area (Å²) in [6, 6.07) is 0.340. The van der Waals surface area contributed by atoms with Crippen LogP contribution in [0.3, 0.4) is 0 Å². The van der Waals surface area contributed by atoms with Crippen molar-refractivity contribution in [2.45, 2.75) is 50.6 Å². The van der Waals surface area contributed by atoms with Crippen molar-refractivity contribution in [3.63, 3.8) is 0 Å². The number of carbonyl (C=O) groups excluding carboxylic acids is 2. The SMILES string of the molecule is O=C([C@H]1CSCN1C(=O)C1CCC1)N1CCCN2CCC[C@H]2C1. The number of nitrogens with zero attached hydrogens (tertiary/aromatic N) is 3. The highest BCUT2D eigenvalue weighted by molar-refractivity contribution is 7.99. The van der Waals surface area contributed by atoms with Gasteiger partial charge in [-0.25, -0.2) is 0 Å². The molecule has 2 atom stereocenters. The van der Waals surface area contributed by atoms with Gasteiger partial charge in [-0.15, -0.1) is 11.8 Å². The number of rotatable bonds is 2. The lowest BCUT2D eigenvalue weighted by molar-refractivity contribution is -0.147. The first-order valence-electron chi connectivity index (χ1n) is 9.15. The van der Waals surface area contributed by atoms with E-state index in [4.69, 9.17) is 0 Å². The van der Waals surface area contributed by atoms with Crippen molar-refractivity contribution in [3.8, 4) is 0 Å². The van der Waals surface area contributed by atoms with Crippen LogP contribution in [0.15, 0.2) is 0 Å². The maximum absolute atomic E-state index is 13.1. The van der Waals surface area contributed by atoms with E-state index in [1.165, 1.54) is 25.8 Å². The van der Waals surface area contributed by atoms with E-state index in [0.29, 0.717) is 11.9 Å². The predicted octanol–water partition coefficient (Wildman–Crippen LogP) is 1.38. The van der Waals surface area contributed by atoms with Crippen LogP contribution < -0.4 is 0 Å². The molecule has 4 fully saturated rings. The number of fused-ring (bicyclic) bond motifs is 1. The Morgan fingerprint density at radius 1 is 0.913 bits per heavy atom. The van der Waals surface area contributed by atoms with Gasteiger partial charge in [-0.1, -0.05) is 6.42 Å². The van der Waals surface area contributed by atoms with Gasteiger partial charge in [-0.05, 0) is 38.6 Å². The smallest absolute Gasteiger partial charge is 0.246 e. The lowest BCUT2D eigenvalue weighted by Crippen LogP contribution is -2.52. The van der Waals surface area contributed by atoms with Crippen molar-refractivity contribution in [1.29, 1.82) is 0 Å². The molecule has 0 aromatic carbocycles. The fraction of sp³-hybridized carbons (Fsp3) is 0.882. The standard InChI is InChI=1S/C17H27N3O2S/c21-16(13-4-1-5-13)20-12-23-11-15(20)17(22)19-9-3-8-18-7-2-6-14(18)10-19/h13-15H,1-12H2/t14-,15+/m0/s1. The molecule has 1 aliphatic carbocycles. The molecule has 23 heavy (non-hydrogen) atoms. The summed E-state index contributed by atoms with van der Waals surface area (Å²) >= 11 is 1.73. The molecule has 4 rings (SSSR count). The molecular weight excluding hydrogens is 310 g/mol. The van der Waals surface area contributed by atoms with Crippen molar-refractivity contribution >= 4 is 23.6 Å². The molecule has 0 aromatic rings. The maximum atomic E-state index is 13.1. The largest absolute Gasteiger partial charge is 0.339 e. The van der Waals surface area contributed by atoms with Gasteiger partial charge in [0, 0.05) is 37.3 Å². The minimum atomic E-state index is -0.207. The summed E-state index contributed by atoms with van der Waals surface area (Å²) in [7, 11) is 0. The molecule has 3 heterocycles. The van der Waals surface area contributed by atoms with E-state index in [-0.39, 0.29) is 23.8 Å². The fourth-order valence-corrected chi connectivity index (χ4v) is 5.53. The molecule has 3 saturated heterocycles. The Morgan fingerprint density at radius 2 is 1.74 bits per heavy atom. The second-order valence-electron chi connectivity index (χ2n) is 7.42. The quantitative estimate of drug-likeness (QED) is 0.764. The zero-order valence-electron chi connectivity index (χ0n) is 13.8. The average molecular weight is 337 g/mol. The molecule has 2 amide bonds. The van der Waals surface area contributed by atoms with Gasteiger partial charge in [0.05, 0.1) is 5.88 Å². The Bertz CT molecular complexity index is 482. The topological polar surface area (TPSA) is 43.9 Å². The molecule has 4 aliphatic rings. The summed E-state index contributed by atoms with van der Waals surface area (Å²) in [6.45, 7) is 4.04. The predicted molar refractivity (Wildman–Crippen MR) is 91.1 cm³/mol. The first-order valence-corrected chi connectivity index (χ1v) is 10.3. The maximum Gasteiger partial charge on any atom is 0.246 e. The zero-order valence-corrected chi connectivity index (χ0v) is 14.6. The highest BCUT2D eigenvalue weighted by Gasteiger charge is 2.41. The first kappa shape index (κ1) is 15.8. The molecule has 5 nitrogen and oxygen atoms in total. The highest BCUT2D eigenvalue weighted by Crippen LogP contribution is 2.33. The molecule has 0 radical (unpaired) electrons. The van der Waals surface area contributed by atoms with Crippen LogP contribution >= 0.6 is 11.8 Å². The van der Waals surface area contributed by atoms with E-state index in [9.17, 15) is 9.59 Å². The fourth-order valence-electron chi connectivity index (χ4n) is 4.37. The van der Waals surface area contributed by atoms with Gasteiger partial charge in [0.2, 0.25) is 11.8 Å². The number of amides is 2. The summed E-state index contributed by atoms with van der Waals surface area (Å²) in [5, 5.41) is 0. The van der Waals surface area contributed by atoms with E-state index in [0.717, 1.165) is 44.6 Å². The van der Waals surface area contributed by atoms with E-state index >= 15 is 0 Å². The minimum Gasteiger partial charge on any atom is -0.339 e. The summed E-state index contributed by atoms with van der Waals surface area (Å²) in [5.41, 5.74) is 0. The third-order valence-corrected chi connectivity index (χ3v) is 7.03. The van der Waals surface area contributed by atoms with Gasteiger partial charge in [-0.2, -0.15) is 0 Å². The van der Waals surface area contributed by atoms with Crippen LogP contribution in [0, 0.1) is 5.92 Å². The Hall–Kier alpha value is -0.750. The molecule has 1 saturated carbocycles. The molecule has 3 aliphatic heterocycles. The van der Waals surface area contributed by atoms with Crippen molar-refractivity contribution in [2.24, 2.45) is 5.92 Å². The second-order valence-corrected chi connectivity index (χ2v) is 8.42. The molecule has 6 heteroatoms. The van der Waals surface area contributed by atoms with Crippen LogP contribution in [0.1, 0.15) is 38.5 Å². The zero-order chi connectivity index (χ0) is 15.8. The molecule has 0 unspecified atom stereocenters. The van der Waals surface area contributed by atoms with Crippen LogP contribution in [-0.2, 0) is 9.59 Å². The molecule has 0 aromatic heterocycles. The minimum absolute atomic E-state index is 0.193. The van der Waals surface area contributed by atoms with Crippen LogP contribution in [-0.4, -0.2) is 76.4 Å². The summed E-state index contributed by atoms with van der Waals surface area (Å²) in [5.74, 6) is 2.11. The van der Waals surface area contributed by atoms with Crippen molar-refractivity contribution in [1.82, 2.24) is 14.7 Å². The summed E-state index contributed by atoms with van der Waals surface area (Å²) in [4.78, 5) is 32.2. The Balaban J connectivity index is 1.43. The summed E-state index contributed by atoms with van der Waals surface area (Å²) in [6.07, 6.45) is 6.74. The van der Waals surface area contributed by atoms with Gasteiger partial charge in [0.15, 0.2) is 0 Å². The van der Waals surface area contributed by atoms with Crippen molar-refractivity contribution in [3.05, 3.63) is 0 Å². The monoisotopic (exact) mass is 337 g/mol. The Morgan fingerprint density at radius 3 is 2.52 bits per heavy atom. The van der Waals surface area contributed by atoms with Gasteiger partial charge in [0.25, 0.3) is 0 Å². The number of hydrogen-bond donors (Lipinski definition) is 0. The number of hydrogen-bond acceptors (Lipinski definition) is 4.